The first kappa shape index (κ1) is 17.7. The van der Waals surface area contributed by atoms with Crippen LogP contribution in [-0.4, -0.2) is 29.4 Å². The average molecular weight is 349 g/mol. The van der Waals surface area contributed by atoms with Crippen LogP contribution in [0.1, 0.15) is 18.5 Å². The number of nitrogens with zero attached hydrogens (tertiary/aromatic N) is 2. The quantitative estimate of drug-likeness (QED) is 0.587. The lowest BCUT2D eigenvalue weighted by atomic mass is 10.1. The number of amides is 1. The third-order valence-electron chi connectivity index (χ3n) is 3.73. The monoisotopic (exact) mass is 348 g/mol. The Morgan fingerprint density at radius 2 is 1.96 bits per heavy atom. The SMILES string of the molecule is CC(c1ccccc1)N(C)C(=O)COc1ccc([N+](=O)[O-])cc1Cl. The highest BCUT2D eigenvalue weighted by molar-refractivity contribution is 6.32. The van der Waals surface area contributed by atoms with Gasteiger partial charge in [0.05, 0.1) is 16.0 Å². The molecule has 2 aromatic rings. The summed E-state index contributed by atoms with van der Waals surface area (Å²) >= 11 is 5.94. The van der Waals surface area contributed by atoms with Crippen molar-refractivity contribution < 1.29 is 14.5 Å². The maximum atomic E-state index is 12.3. The third kappa shape index (κ3) is 4.23. The highest BCUT2D eigenvalue weighted by atomic mass is 35.5. The number of hydrogen-bond donors (Lipinski definition) is 0. The second kappa shape index (κ2) is 7.79. The van der Waals surface area contributed by atoms with Gasteiger partial charge in [0.1, 0.15) is 5.75 Å². The second-order valence-electron chi connectivity index (χ2n) is 5.25. The van der Waals surface area contributed by atoms with Crippen LogP contribution in [0.2, 0.25) is 5.02 Å². The molecule has 0 heterocycles. The minimum atomic E-state index is -0.546. The van der Waals surface area contributed by atoms with Crippen LogP contribution in [0.15, 0.2) is 48.5 Å². The Hall–Kier alpha value is -2.60. The number of carbonyl (C=O) groups is 1. The van der Waals surface area contributed by atoms with Crippen molar-refractivity contribution in [2.75, 3.05) is 13.7 Å². The van der Waals surface area contributed by atoms with E-state index in [2.05, 4.69) is 0 Å². The zero-order valence-electron chi connectivity index (χ0n) is 13.3. The molecule has 0 bridgehead atoms. The number of rotatable bonds is 6. The molecule has 6 nitrogen and oxygen atoms in total. The molecule has 2 rings (SSSR count). The van der Waals surface area contributed by atoms with Gasteiger partial charge in [-0.2, -0.15) is 0 Å². The topological polar surface area (TPSA) is 72.7 Å². The molecule has 1 atom stereocenters. The molecular formula is C17H17ClN2O4. The van der Waals surface area contributed by atoms with Crippen LogP contribution in [0.4, 0.5) is 5.69 Å². The Labute approximate surface area is 144 Å². The second-order valence-corrected chi connectivity index (χ2v) is 5.66. The molecule has 1 unspecified atom stereocenters. The van der Waals surface area contributed by atoms with E-state index in [1.807, 2.05) is 37.3 Å². The van der Waals surface area contributed by atoms with Gasteiger partial charge in [0.2, 0.25) is 0 Å². The first-order valence-corrected chi connectivity index (χ1v) is 7.65. The van der Waals surface area contributed by atoms with E-state index in [9.17, 15) is 14.9 Å². The molecule has 24 heavy (non-hydrogen) atoms. The highest BCUT2D eigenvalue weighted by Gasteiger charge is 2.18. The molecule has 0 saturated carbocycles. The van der Waals surface area contributed by atoms with Gasteiger partial charge in [-0.15, -0.1) is 0 Å². The third-order valence-corrected chi connectivity index (χ3v) is 4.03. The molecule has 0 spiro atoms. The van der Waals surface area contributed by atoms with Crippen LogP contribution in [-0.2, 0) is 4.79 Å². The Balaban J connectivity index is 1.99. The number of nitro benzene ring substituents is 1. The number of halogens is 1. The van der Waals surface area contributed by atoms with Crippen molar-refractivity contribution in [2.45, 2.75) is 13.0 Å². The van der Waals surface area contributed by atoms with Gasteiger partial charge >= 0.3 is 0 Å². The number of non-ortho nitro benzene ring substituents is 1. The van der Waals surface area contributed by atoms with Gasteiger partial charge in [-0.05, 0) is 18.6 Å². The van der Waals surface area contributed by atoms with Gasteiger partial charge in [-0.3, -0.25) is 14.9 Å². The van der Waals surface area contributed by atoms with E-state index in [0.29, 0.717) is 0 Å². The lowest BCUT2D eigenvalue weighted by Crippen LogP contribution is -2.33. The summed E-state index contributed by atoms with van der Waals surface area (Å²) in [4.78, 5) is 24.0. The molecular weight excluding hydrogens is 332 g/mol. The molecule has 0 saturated heterocycles. The average Bonchev–Trinajstić information content (AvgIpc) is 2.59. The van der Waals surface area contributed by atoms with Crippen LogP contribution < -0.4 is 4.74 Å². The van der Waals surface area contributed by atoms with Crippen molar-refractivity contribution in [3.05, 3.63) is 69.2 Å². The van der Waals surface area contributed by atoms with Gasteiger partial charge in [-0.25, -0.2) is 0 Å². The molecule has 126 valence electrons. The van der Waals surface area contributed by atoms with Crippen LogP contribution in [0.3, 0.4) is 0 Å². The summed E-state index contributed by atoms with van der Waals surface area (Å²) in [5.74, 6) is 0.0113. The fraction of sp³-hybridized carbons (Fsp3) is 0.235. The normalized spacial score (nSPS) is 11.6. The summed E-state index contributed by atoms with van der Waals surface area (Å²) in [6.45, 7) is 1.72. The Kier molecular flexibility index (Phi) is 5.76. The van der Waals surface area contributed by atoms with Gasteiger partial charge < -0.3 is 9.64 Å². The first-order chi connectivity index (χ1) is 11.4. The molecule has 2 aromatic carbocycles. The lowest BCUT2D eigenvalue weighted by Gasteiger charge is -2.25. The van der Waals surface area contributed by atoms with Crippen molar-refractivity contribution in [2.24, 2.45) is 0 Å². The number of carbonyl (C=O) groups excluding carboxylic acids is 1. The van der Waals surface area contributed by atoms with E-state index in [1.165, 1.54) is 18.2 Å². The van der Waals surface area contributed by atoms with E-state index >= 15 is 0 Å². The summed E-state index contributed by atoms with van der Waals surface area (Å²) < 4.78 is 5.39. The van der Waals surface area contributed by atoms with Crippen molar-refractivity contribution in [3.8, 4) is 5.75 Å². The van der Waals surface area contributed by atoms with Crippen LogP contribution >= 0.6 is 11.6 Å². The Morgan fingerprint density at radius 1 is 1.29 bits per heavy atom. The van der Waals surface area contributed by atoms with E-state index in [-0.39, 0.29) is 35.0 Å². The van der Waals surface area contributed by atoms with Crippen molar-refractivity contribution in [3.63, 3.8) is 0 Å². The zero-order chi connectivity index (χ0) is 17.7. The molecule has 7 heteroatoms. The Bertz CT molecular complexity index is 737. The van der Waals surface area contributed by atoms with E-state index in [1.54, 1.807) is 11.9 Å². The minimum Gasteiger partial charge on any atom is -0.482 e. The summed E-state index contributed by atoms with van der Waals surface area (Å²) in [6.07, 6.45) is 0. The predicted molar refractivity (Wildman–Crippen MR) is 91.2 cm³/mol. The fourth-order valence-electron chi connectivity index (χ4n) is 2.13. The number of hydrogen-bond acceptors (Lipinski definition) is 4. The molecule has 0 radical (unpaired) electrons. The van der Waals surface area contributed by atoms with Gasteiger partial charge in [0, 0.05) is 19.2 Å². The highest BCUT2D eigenvalue weighted by Crippen LogP contribution is 2.28. The van der Waals surface area contributed by atoms with Gasteiger partial charge in [0.25, 0.3) is 11.6 Å². The minimum absolute atomic E-state index is 0.0933. The summed E-state index contributed by atoms with van der Waals surface area (Å²) in [5.41, 5.74) is 0.884. The number of ether oxygens (including phenoxy) is 1. The smallest absolute Gasteiger partial charge is 0.271 e. The van der Waals surface area contributed by atoms with E-state index < -0.39 is 4.92 Å². The van der Waals surface area contributed by atoms with Crippen molar-refractivity contribution >= 4 is 23.2 Å². The maximum absolute atomic E-state index is 12.3. The fourth-order valence-corrected chi connectivity index (χ4v) is 2.36. The largest absolute Gasteiger partial charge is 0.482 e. The summed E-state index contributed by atoms with van der Waals surface area (Å²) in [6, 6.07) is 13.4. The number of nitro groups is 1. The maximum Gasteiger partial charge on any atom is 0.271 e. The van der Waals surface area contributed by atoms with Crippen molar-refractivity contribution in [1.29, 1.82) is 0 Å². The first-order valence-electron chi connectivity index (χ1n) is 7.27. The number of benzene rings is 2. The molecule has 0 aromatic heterocycles. The molecule has 0 aliphatic heterocycles. The predicted octanol–water partition coefficient (Wildman–Crippen LogP) is 3.85. The zero-order valence-corrected chi connectivity index (χ0v) is 14.1. The summed E-state index contributed by atoms with van der Waals surface area (Å²) in [5, 5.41) is 10.8. The molecule has 0 fully saturated rings. The van der Waals surface area contributed by atoms with Crippen molar-refractivity contribution in [1.82, 2.24) is 4.90 Å². The van der Waals surface area contributed by atoms with Gasteiger partial charge in [-0.1, -0.05) is 41.9 Å². The standard InChI is InChI=1S/C17H17ClN2O4/c1-12(13-6-4-3-5-7-13)19(2)17(21)11-24-16-9-8-14(20(22)23)10-15(16)18/h3-10,12H,11H2,1-2H3. The Morgan fingerprint density at radius 3 is 2.54 bits per heavy atom. The van der Waals surface area contributed by atoms with Gasteiger partial charge in [0.15, 0.2) is 6.61 Å². The molecule has 0 aliphatic rings. The van der Waals surface area contributed by atoms with Crippen LogP contribution in [0.25, 0.3) is 0 Å². The summed E-state index contributed by atoms with van der Waals surface area (Å²) in [7, 11) is 1.70. The molecule has 0 N–H and O–H groups in total. The molecule has 0 aliphatic carbocycles. The van der Waals surface area contributed by atoms with E-state index in [4.69, 9.17) is 16.3 Å². The number of likely N-dealkylation sites (N-methyl/N-ethyl adjacent to an activating group) is 1. The van der Waals surface area contributed by atoms with Crippen LogP contribution in [0, 0.1) is 10.1 Å². The molecule has 1 amide bonds. The van der Waals surface area contributed by atoms with Crippen LogP contribution in [0.5, 0.6) is 5.75 Å². The van der Waals surface area contributed by atoms with E-state index in [0.717, 1.165) is 5.56 Å². The lowest BCUT2D eigenvalue weighted by molar-refractivity contribution is -0.384.